The number of hydrogen-bond donors (Lipinski definition) is 1. The van der Waals surface area contributed by atoms with Gasteiger partial charge in [-0.1, -0.05) is 34.1 Å². The molecule has 4 heteroatoms. The average Bonchev–Trinajstić information content (AvgIpc) is 2.38. The van der Waals surface area contributed by atoms with Crippen LogP contribution in [0.15, 0.2) is 46.9 Å². The number of methoxy groups -OCH3 is 1. The summed E-state index contributed by atoms with van der Waals surface area (Å²) < 4.78 is 20.0. The molecule has 0 bridgehead atoms. The maximum absolute atomic E-state index is 13.9. The summed E-state index contributed by atoms with van der Waals surface area (Å²) in [5.41, 5.74) is 7.32. The highest BCUT2D eigenvalue weighted by molar-refractivity contribution is 9.10. The Hall–Kier alpha value is -1.39. The zero-order chi connectivity index (χ0) is 13.1. The molecule has 0 aromatic heterocycles. The molecule has 0 amide bonds. The summed E-state index contributed by atoms with van der Waals surface area (Å²) in [5.74, 6) is 0.107. The topological polar surface area (TPSA) is 35.2 Å². The molecule has 0 saturated carbocycles. The number of hydrogen-bond acceptors (Lipinski definition) is 2. The first-order chi connectivity index (χ1) is 8.63. The van der Waals surface area contributed by atoms with Gasteiger partial charge in [-0.25, -0.2) is 4.39 Å². The minimum atomic E-state index is -0.547. The summed E-state index contributed by atoms with van der Waals surface area (Å²) in [6.07, 6.45) is 0. The van der Waals surface area contributed by atoms with Crippen molar-refractivity contribution in [3.05, 3.63) is 63.9 Å². The third-order valence-electron chi connectivity index (χ3n) is 2.77. The molecule has 0 aliphatic rings. The van der Waals surface area contributed by atoms with Crippen molar-refractivity contribution in [2.45, 2.75) is 6.04 Å². The molecule has 0 heterocycles. The van der Waals surface area contributed by atoms with Gasteiger partial charge < -0.3 is 10.5 Å². The monoisotopic (exact) mass is 309 g/mol. The van der Waals surface area contributed by atoms with Crippen molar-refractivity contribution in [1.82, 2.24) is 0 Å². The van der Waals surface area contributed by atoms with E-state index >= 15 is 0 Å². The van der Waals surface area contributed by atoms with Crippen molar-refractivity contribution in [3.63, 3.8) is 0 Å². The maximum atomic E-state index is 13.9. The maximum Gasteiger partial charge on any atom is 0.132 e. The smallest absolute Gasteiger partial charge is 0.132 e. The summed E-state index contributed by atoms with van der Waals surface area (Å²) in [6.45, 7) is 0. The number of rotatable bonds is 3. The van der Waals surface area contributed by atoms with E-state index in [1.165, 1.54) is 13.2 Å². The normalized spacial score (nSPS) is 12.2. The van der Waals surface area contributed by atoms with Gasteiger partial charge in [-0.15, -0.1) is 0 Å². The van der Waals surface area contributed by atoms with E-state index in [4.69, 9.17) is 10.5 Å². The molecule has 1 unspecified atom stereocenters. The molecule has 2 nitrogen and oxygen atoms in total. The van der Waals surface area contributed by atoms with Crippen LogP contribution in [0, 0.1) is 5.82 Å². The molecule has 2 N–H and O–H groups in total. The van der Waals surface area contributed by atoms with Gasteiger partial charge >= 0.3 is 0 Å². The number of halogens is 2. The van der Waals surface area contributed by atoms with Gasteiger partial charge in [-0.05, 0) is 29.8 Å². The van der Waals surface area contributed by atoms with Crippen molar-refractivity contribution < 1.29 is 9.13 Å². The van der Waals surface area contributed by atoms with Crippen LogP contribution in [0.25, 0.3) is 0 Å². The van der Waals surface area contributed by atoms with E-state index < -0.39 is 6.04 Å². The fraction of sp³-hybridized carbons (Fsp3) is 0.143. The minimum Gasteiger partial charge on any atom is -0.496 e. The van der Waals surface area contributed by atoms with Crippen molar-refractivity contribution >= 4 is 15.9 Å². The Morgan fingerprint density at radius 2 is 1.83 bits per heavy atom. The molecule has 2 aromatic rings. The Balaban J connectivity index is 2.45. The Morgan fingerprint density at radius 1 is 1.17 bits per heavy atom. The Kier molecular flexibility index (Phi) is 3.99. The molecule has 18 heavy (non-hydrogen) atoms. The Morgan fingerprint density at radius 3 is 2.44 bits per heavy atom. The second kappa shape index (κ2) is 5.50. The van der Waals surface area contributed by atoms with Crippen molar-refractivity contribution in [1.29, 1.82) is 0 Å². The van der Waals surface area contributed by atoms with E-state index in [2.05, 4.69) is 15.9 Å². The molecule has 0 aliphatic carbocycles. The van der Waals surface area contributed by atoms with Crippen molar-refractivity contribution in [3.8, 4) is 5.75 Å². The highest BCUT2D eigenvalue weighted by Crippen LogP contribution is 2.30. The van der Waals surface area contributed by atoms with Gasteiger partial charge in [0.15, 0.2) is 0 Å². The molecule has 1 atom stereocenters. The van der Waals surface area contributed by atoms with Crippen LogP contribution in [0.3, 0.4) is 0 Å². The minimum absolute atomic E-state index is 0.357. The molecule has 0 aliphatic heterocycles. The van der Waals surface area contributed by atoms with E-state index in [9.17, 15) is 4.39 Å². The molecule has 0 radical (unpaired) electrons. The van der Waals surface area contributed by atoms with Crippen LogP contribution in [-0.4, -0.2) is 7.11 Å². The Bertz CT molecular complexity index is 542. The van der Waals surface area contributed by atoms with Crippen molar-refractivity contribution in [2.75, 3.05) is 7.11 Å². The summed E-state index contributed by atoms with van der Waals surface area (Å²) in [6, 6.07) is 11.6. The van der Waals surface area contributed by atoms with Crippen LogP contribution in [0.5, 0.6) is 5.75 Å². The third-order valence-corrected chi connectivity index (χ3v) is 3.30. The van der Waals surface area contributed by atoms with E-state index in [1.807, 2.05) is 24.3 Å². The second-order valence-electron chi connectivity index (χ2n) is 3.88. The lowest BCUT2D eigenvalue weighted by atomic mass is 9.98. The van der Waals surface area contributed by atoms with Gasteiger partial charge in [0.25, 0.3) is 0 Å². The number of ether oxygens (including phenoxy) is 1. The molecule has 2 aromatic carbocycles. The molecular formula is C14H13BrFNO. The standard InChI is InChI=1S/C14H13BrFNO/c1-18-12-4-2-3-11(16)13(12)14(17)9-5-7-10(15)8-6-9/h2-8,14H,17H2,1H3. The van der Waals surface area contributed by atoms with Gasteiger partial charge in [0.05, 0.1) is 18.7 Å². The largest absolute Gasteiger partial charge is 0.496 e. The zero-order valence-corrected chi connectivity index (χ0v) is 11.4. The lowest BCUT2D eigenvalue weighted by Crippen LogP contribution is -2.14. The van der Waals surface area contributed by atoms with E-state index in [0.29, 0.717) is 11.3 Å². The second-order valence-corrected chi connectivity index (χ2v) is 4.80. The summed E-state index contributed by atoms with van der Waals surface area (Å²) in [5, 5.41) is 0. The fourth-order valence-corrected chi connectivity index (χ4v) is 2.10. The highest BCUT2D eigenvalue weighted by Gasteiger charge is 2.18. The van der Waals surface area contributed by atoms with E-state index in [1.54, 1.807) is 12.1 Å². The predicted molar refractivity (Wildman–Crippen MR) is 73.1 cm³/mol. The van der Waals surface area contributed by atoms with Crippen molar-refractivity contribution in [2.24, 2.45) is 5.73 Å². The fourth-order valence-electron chi connectivity index (χ4n) is 1.83. The van der Waals surface area contributed by atoms with Gasteiger partial charge in [-0.2, -0.15) is 0 Å². The molecule has 0 spiro atoms. The number of benzene rings is 2. The van der Waals surface area contributed by atoms with E-state index in [0.717, 1.165) is 10.0 Å². The van der Waals surface area contributed by atoms with E-state index in [-0.39, 0.29) is 5.82 Å². The van der Waals surface area contributed by atoms with Crippen LogP contribution in [-0.2, 0) is 0 Å². The lowest BCUT2D eigenvalue weighted by molar-refractivity contribution is 0.402. The average molecular weight is 310 g/mol. The quantitative estimate of drug-likeness (QED) is 0.939. The first-order valence-corrected chi connectivity index (χ1v) is 6.26. The van der Waals surface area contributed by atoms with Gasteiger partial charge in [0.2, 0.25) is 0 Å². The Labute approximate surface area is 114 Å². The molecule has 2 rings (SSSR count). The summed E-state index contributed by atoms with van der Waals surface area (Å²) in [4.78, 5) is 0. The summed E-state index contributed by atoms with van der Waals surface area (Å²) in [7, 11) is 1.51. The third kappa shape index (κ3) is 2.54. The van der Waals surface area contributed by atoms with Gasteiger partial charge in [0.1, 0.15) is 11.6 Å². The number of nitrogens with two attached hydrogens (primary N) is 1. The first-order valence-electron chi connectivity index (χ1n) is 5.47. The van der Waals surface area contributed by atoms with Crippen LogP contribution in [0.2, 0.25) is 0 Å². The van der Waals surface area contributed by atoms with Crippen LogP contribution in [0.4, 0.5) is 4.39 Å². The molecule has 0 saturated heterocycles. The molecular weight excluding hydrogens is 297 g/mol. The van der Waals surface area contributed by atoms with Crippen LogP contribution >= 0.6 is 15.9 Å². The van der Waals surface area contributed by atoms with Crippen LogP contribution in [0.1, 0.15) is 17.2 Å². The SMILES string of the molecule is COc1cccc(F)c1C(N)c1ccc(Br)cc1. The van der Waals surface area contributed by atoms with Gasteiger partial charge in [-0.3, -0.25) is 0 Å². The van der Waals surface area contributed by atoms with Gasteiger partial charge in [0, 0.05) is 4.47 Å². The molecule has 0 fully saturated rings. The first kappa shape index (κ1) is 13.1. The lowest BCUT2D eigenvalue weighted by Gasteiger charge is -2.17. The molecule has 94 valence electrons. The predicted octanol–water partition coefficient (Wildman–Crippen LogP) is 3.64. The zero-order valence-electron chi connectivity index (χ0n) is 9.86. The highest BCUT2D eigenvalue weighted by atomic mass is 79.9. The van der Waals surface area contributed by atoms with Crippen LogP contribution < -0.4 is 10.5 Å². The summed E-state index contributed by atoms with van der Waals surface area (Å²) >= 11 is 3.35.